The van der Waals surface area contributed by atoms with Crippen LogP contribution in [-0.4, -0.2) is 14.4 Å². The maximum absolute atomic E-state index is 5.94. The van der Waals surface area contributed by atoms with Crippen LogP contribution < -0.4 is 11.1 Å². The van der Waals surface area contributed by atoms with Crippen molar-refractivity contribution in [3.05, 3.63) is 72.1 Å². The van der Waals surface area contributed by atoms with E-state index in [2.05, 4.69) is 10.3 Å². The highest BCUT2D eigenvalue weighted by molar-refractivity contribution is 6.30. The van der Waals surface area contributed by atoms with E-state index in [4.69, 9.17) is 22.3 Å². The monoisotopic (exact) mass is 335 g/mol. The Morgan fingerprint density at radius 1 is 1.00 bits per heavy atom. The summed E-state index contributed by atoms with van der Waals surface area (Å²) >= 11 is 5.94. The van der Waals surface area contributed by atoms with Crippen LogP contribution in [0.2, 0.25) is 5.02 Å². The molecule has 0 saturated heterocycles. The van der Waals surface area contributed by atoms with Crippen molar-refractivity contribution in [1.82, 2.24) is 14.4 Å². The molecule has 0 amide bonds. The van der Waals surface area contributed by atoms with Crippen LogP contribution in [0.3, 0.4) is 0 Å². The second-order valence-electron chi connectivity index (χ2n) is 5.39. The normalized spacial score (nSPS) is 10.9. The Morgan fingerprint density at radius 2 is 1.75 bits per heavy atom. The van der Waals surface area contributed by atoms with Crippen molar-refractivity contribution in [3.8, 4) is 11.3 Å². The molecule has 0 bridgehead atoms. The van der Waals surface area contributed by atoms with E-state index in [1.165, 1.54) is 0 Å². The van der Waals surface area contributed by atoms with Crippen molar-refractivity contribution in [2.24, 2.45) is 0 Å². The van der Waals surface area contributed by atoms with Gasteiger partial charge in [0.05, 0.1) is 5.69 Å². The van der Waals surface area contributed by atoms with Crippen LogP contribution in [0.5, 0.6) is 0 Å². The Labute approximate surface area is 143 Å². The van der Waals surface area contributed by atoms with Crippen LogP contribution in [0.25, 0.3) is 16.9 Å². The minimum atomic E-state index is 0.677. The Balaban J connectivity index is 1.80. The van der Waals surface area contributed by atoms with Crippen LogP contribution in [0, 0.1) is 0 Å². The molecule has 0 fully saturated rings. The van der Waals surface area contributed by atoms with Gasteiger partial charge in [0.1, 0.15) is 0 Å². The average Bonchev–Trinajstić information content (AvgIpc) is 3.06. The second kappa shape index (κ2) is 5.86. The van der Waals surface area contributed by atoms with E-state index < -0.39 is 0 Å². The predicted octanol–water partition coefficient (Wildman–Crippen LogP) is 4.38. The van der Waals surface area contributed by atoms with E-state index in [1.54, 1.807) is 6.20 Å². The standard InChI is InChI=1S/C18H14ClN5/c19-13-3-7-15(8-4-13)22-17-18-21-9-10-24(18)11-16(23-17)12-1-5-14(20)6-2-12/h1-11H,20H2,(H,22,23). The third-order valence-electron chi connectivity index (χ3n) is 3.69. The highest BCUT2D eigenvalue weighted by atomic mass is 35.5. The summed E-state index contributed by atoms with van der Waals surface area (Å²) in [6.45, 7) is 0. The third kappa shape index (κ3) is 2.77. The molecule has 0 aliphatic rings. The van der Waals surface area contributed by atoms with E-state index in [0.717, 1.165) is 28.3 Å². The van der Waals surface area contributed by atoms with E-state index in [1.807, 2.05) is 65.3 Å². The summed E-state index contributed by atoms with van der Waals surface area (Å²) in [6.07, 6.45) is 5.59. The molecule has 24 heavy (non-hydrogen) atoms. The lowest BCUT2D eigenvalue weighted by molar-refractivity contribution is 1.13. The number of hydrogen-bond acceptors (Lipinski definition) is 4. The number of nitrogens with one attached hydrogen (secondary N) is 1. The van der Waals surface area contributed by atoms with Crippen LogP contribution in [-0.2, 0) is 0 Å². The van der Waals surface area contributed by atoms with E-state index in [-0.39, 0.29) is 0 Å². The van der Waals surface area contributed by atoms with Gasteiger partial charge in [0.2, 0.25) is 0 Å². The molecule has 4 aromatic rings. The Hall–Kier alpha value is -3.05. The van der Waals surface area contributed by atoms with Gasteiger partial charge in [-0.2, -0.15) is 0 Å². The quantitative estimate of drug-likeness (QED) is 0.545. The number of fused-ring (bicyclic) bond motifs is 1. The number of benzene rings is 2. The molecule has 0 radical (unpaired) electrons. The van der Waals surface area contributed by atoms with Gasteiger partial charge in [-0.3, -0.25) is 0 Å². The molecule has 0 saturated carbocycles. The lowest BCUT2D eigenvalue weighted by atomic mass is 10.1. The fourth-order valence-corrected chi connectivity index (χ4v) is 2.60. The Bertz CT molecular complexity index is 990. The fraction of sp³-hybridized carbons (Fsp3) is 0. The maximum atomic E-state index is 5.94. The maximum Gasteiger partial charge on any atom is 0.180 e. The number of rotatable bonds is 3. The van der Waals surface area contributed by atoms with Gasteiger partial charge in [-0.05, 0) is 36.4 Å². The number of aromatic nitrogens is 3. The first kappa shape index (κ1) is 14.5. The molecule has 4 rings (SSSR count). The number of anilines is 3. The predicted molar refractivity (Wildman–Crippen MR) is 97.6 cm³/mol. The van der Waals surface area contributed by atoms with Crippen molar-refractivity contribution >= 4 is 34.4 Å². The minimum Gasteiger partial charge on any atom is -0.399 e. The molecule has 3 N–H and O–H groups in total. The largest absolute Gasteiger partial charge is 0.399 e. The van der Waals surface area contributed by atoms with Crippen molar-refractivity contribution < 1.29 is 0 Å². The summed E-state index contributed by atoms with van der Waals surface area (Å²) in [7, 11) is 0. The third-order valence-corrected chi connectivity index (χ3v) is 3.94. The van der Waals surface area contributed by atoms with Gasteiger partial charge in [-0.15, -0.1) is 0 Å². The lowest BCUT2D eigenvalue weighted by Gasteiger charge is -2.10. The zero-order valence-corrected chi connectivity index (χ0v) is 13.4. The fourth-order valence-electron chi connectivity index (χ4n) is 2.48. The van der Waals surface area contributed by atoms with Crippen molar-refractivity contribution in [3.63, 3.8) is 0 Å². The molecule has 2 aromatic heterocycles. The first-order valence-corrected chi connectivity index (χ1v) is 7.79. The van der Waals surface area contributed by atoms with Gasteiger partial charge < -0.3 is 15.5 Å². The molecule has 2 aromatic carbocycles. The molecular formula is C18H14ClN5. The molecule has 0 unspecified atom stereocenters. The van der Waals surface area contributed by atoms with Gasteiger partial charge in [-0.25, -0.2) is 9.97 Å². The molecule has 2 heterocycles. The Morgan fingerprint density at radius 3 is 2.50 bits per heavy atom. The summed E-state index contributed by atoms with van der Waals surface area (Å²) in [5.41, 5.74) is 9.95. The highest BCUT2D eigenvalue weighted by Crippen LogP contribution is 2.25. The van der Waals surface area contributed by atoms with E-state index >= 15 is 0 Å². The number of nitrogens with two attached hydrogens (primary N) is 1. The van der Waals surface area contributed by atoms with Crippen LogP contribution in [0.1, 0.15) is 0 Å². The number of halogens is 1. The summed E-state index contributed by atoms with van der Waals surface area (Å²) in [5, 5.41) is 3.99. The van der Waals surface area contributed by atoms with Crippen LogP contribution in [0.4, 0.5) is 17.2 Å². The van der Waals surface area contributed by atoms with Crippen molar-refractivity contribution in [2.45, 2.75) is 0 Å². The lowest BCUT2D eigenvalue weighted by Crippen LogP contribution is -2.00. The van der Waals surface area contributed by atoms with Gasteiger partial charge >= 0.3 is 0 Å². The molecule has 118 valence electrons. The highest BCUT2D eigenvalue weighted by Gasteiger charge is 2.09. The molecule has 6 heteroatoms. The smallest absolute Gasteiger partial charge is 0.180 e. The second-order valence-corrected chi connectivity index (χ2v) is 5.82. The van der Waals surface area contributed by atoms with Crippen LogP contribution in [0.15, 0.2) is 67.1 Å². The number of nitrogens with zero attached hydrogens (tertiary/aromatic N) is 3. The van der Waals surface area contributed by atoms with Gasteiger partial charge in [0, 0.05) is 40.6 Å². The minimum absolute atomic E-state index is 0.677. The number of hydrogen-bond donors (Lipinski definition) is 2. The first-order valence-electron chi connectivity index (χ1n) is 7.41. The number of imidazole rings is 1. The van der Waals surface area contributed by atoms with Crippen molar-refractivity contribution in [2.75, 3.05) is 11.1 Å². The molecule has 0 spiro atoms. The van der Waals surface area contributed by atoms with E-state index in [0.29, 0.717) is 10.8 Å². The molecular weight excluding hydrogens is 322 g/mol. The zero-order valence-electron chi connectivity index (χ0n) is 12.6. The molecule has 0 atom stereocenters. The van der Waals surface area contributed by atoms with Gasteiger partial charge in [0.25, 0.3) is 0 Å². The SMILES string of the molecule is Nc1ccc(-c2cn3ccnc3c(Nc3ccc(Cl)cc3)n2)cc1. The summed E-state index contributed by atoms with van der Waals surface area (Å²) in [6, 6.07) is 15.1. The molecule has 0 aliphatic heterocycles. The van der Waals surface area contributed by atoms with Crippen molar-refractivity contribution in [1.29, 1.82) is 0 Å². The summed E-state index contributed by atoms with van der Waals surface area (Å²) in [5.74, 6) is 0.677. The summed E-state index contributed by atoms with van der Waals surface area (Å²) < 4.78 is 1.94. The zero-order chi connectivity index (χ0) is 16.5. The summed E-state index contributed by atoms with van der Waals surface area (Å²) in [4.78, 5) is 9.10. The molecule has 0 aliphatic carbocycles. The van der Waals surface area contributed by atoms with E-state index in [9.17, 15) is 0 Å². The average molecular weight is 336 g/mol. The number of nitrogen functional groups attached to an aromatic ring is 1. The van der Waals surface area contributed by atoms with Gasteiger partial charge in [-0.1, -0.05) is 23.7 Å². The van der Waals surface area contributed by atoms with Gasteiger partial charge in [0.15, 0.2) is 11.5 Å². The Kier molecular flexibility index (Phi) is 3.55. The topological polar surface area (TPSA) is 68.2 Å². The first-order chi connectivity index (χ1) is 11.7. The molecule has 5 nitrogen and oxygen atoms in total. The van der Waals surface area contributed by atoms with Crippen LogP contribution >= 0.6 is 11.6 Å².